The third-order valence-electron chi connectivity index (χ3n) is 4.71. The lowest BCUT2D eigenvalue weighted by Crippen LogP contribution is -2.43. The van der Waals surface area contributed by atoms with Crippen molar-refractivity contribution >= 4 is 11.7 Å². The zero-order valence-corrected chi connectivity index (χ0v) is 18.0. The highest BCUT2D eigenvalue weighted by Crippen LogP contribution is 2.21. The van der Waals surface area contributed by atoms with Crippen LogP contribution in [0.25, 0.3) is 0 Å². The third kappa shape index (κ3) is 7.90. The monoisotopic (exact) mass is 451 g/mol. The van der Waals surface area contributed by atoms with E-state index in [2.05, 4.69) is 5.32 Å². The minimum Gasteiger partial charge on any atom is -0.493 e. The summed E-state index contributed by atoms with van der Waals surface area (Å²) in [5.41, 5.74) is 0.275. The van der Waals surface area contributed by atoms with Crippen molar-refractivity contribution in [2.45, 2.75) is 45.1 Å². The first-order chi connectivity index (χ1) is 15.5. The molecule has 2 aromatic rings. The van der Waals surface area contributed by atoms with E-state index >= 15 is 0 Å². The van der Waals surface area contributed by atoms with Gasteiger partial charge in [0.25, 0.3) is 5.91 Å². The first kappa shape index (κ1) is 25.2. The molecular formula is C24H28F3NO4. The lowest BCUT2D eigenvalue weighted by atomic mass is 10.0. The van der Waals surface area contributed by atoms with Crippen LogP contribution in [-0.4, -0.2) is 37.6 Å². The summed E-state index contributed by atoms with van der Waals surface area (Å²) in [7, 11) is 0. The summed E-state index contributed by atoms with van der Waals surface area (Å²) in [6, 6.07) is 8.73. The number of carbonyl (C=O) groups excluding carboxylic acids is 2. The molecule has 0 aliphatic rings. The van der Waals surface area contributed by atoms with Crippen molar-refractivity contribution in [2.75, 3.05) is 19.9 Å². The van der Waals surface area contributed by atoms with Gasteiger partial charge >= 0.3 is 0 Å². The normalized spacial score (nSPS) is 11.6. The molecule has 5 nitrogen and oxygen atoms in total. The number of hydrogen-bond donors (Lipinski definition) is 1. The molecule has 1 amide bonds. The van der Waals surface area contributed by atoms with Crippen LogP contribution in [0.15, 0.2) is 42.5 Å². The summed E-state index contributed by atoms with van der Waals surface area (Å²) in [6.07, 6.45) is 3.08. The molecule has 0 unspecified atom stereocenters. The van der Waals surface area contributed by atoms with E-state index in [9.17, 15) is 22.8 Å². The number of Topliss-reactive ketones (excluding diaryl/α,β-unsaturated/α-hetero) is 1. The molecule has 2 rings (SSSR count). The second-order valence-corrected chi connectivity index (χ2v) is 7.25. The van der Waals surface area contributed by atoms with Gasteiger partial charge in [-0.1, -0.05) is 38.3 Å². The van der Waals surface area contributed by atoms with Crippen molar-refractivity contribution in [3.05, 3.63) is 59.7 Å². The van der Waals surface area contributed by atoms with Gasteiger partial charge in [-0.2, -0.15) is 0 Å². The number of carbonyl (C=O) groups is 2. The summed E-state index contributed by atoms with van der Waals surface area (Å²) >= 11 is 0. The van der Waals surface area contributed by atoms with Crippen LogP contribution in [0.3, 0.4) is 0 Å². The predicted molar refractivity (Wildman–Crippen MR) is 115 cm³/mol. The largest absolute Gasteiger partial charge is 0.493 e. The summed E-state index contributed by atoms with van der Waals surface area (Å²) in [5.74, 6) is -3.01. The number of benzene rings is 2. The fraction of sp³-hybridized carbons (Fsp3) is 0.417. The minimum atomic E-state index is -0.908. The number of alkyl halides is 1. The molecular weight excluding hydrogens is 423 g/mol. The first-order valence-corrected chi connectivity index (χ1v) is 10.7. The molecule has 0 saturated carbocycles. The van der Waals surface area contributed by atoms with Gasteiger partial charge in [0, 0.05) is 12.0 Å². The number of para-hydroxylation sites is 1. The van der Waals surface area contributed by atoms with Gasteiger partial charge in [-0.15, -0.1) is 0 Å². The molecule has 174 valence electrons. The van der Waals surface area contributed by atoms with E-state index in [0.717, 1.165) is 25.0 Å². The van der Waals surface area contributed by atoms with Crippen LogP contribution in [-0.2, 0) is 4.79 Å². The van der Waals surface area contributed by atoms with Gasteiger partial charge in [-0.05, 0) is 36.8 Å². The van der Waals surface area contributed by atoms with E-state index in [1.165, 1.54) is 12.1 Å². The van der Waals surface area contributed by atoms with Gasteiger partial charge in [0.1, 0.15) is 12.4 Å². The number of halogens is 3. The Labute approximate surface area is 185 Å². The van der Waals surface area contributed by atoms with E-state index in [4.69, 9.17) is 9.47 Å². The quantitative estimate of drug-likeness (QED) is 0.409. The molecule has 0 radical (unpaired) electrons. The number of unbranched alkanes of at least 4 members (excludes halogenated alkanes) is 2. The molecule has 32 heavy (non-hydrogen) atoms. The first-order valence-electron chi connectivity index (χ1n) is 10.7. The average molecular weight is 451 g/mol. The number of rotatable bonds is 14. The van der Waals surface area contributed by atoms with E-state index in [1.807, 2.05) is 6.92 Å². The van der Waals surface area contributed by atoms with Crippen LogP contribution < -0.4 is 14.8 Å². The maximum atomic E-state index is 13.8. The SMILES string of the molecule is CCCCC[C@H](NC(=O)c1cccc(OCCCF)c1)C(=O)COc1c(F)cccc1F. The Morgan fingerprint density at radius 2 is 1.72 bits per heavy atom. The molecule has 0 aromatic heterocycles. The number of ether oxygens (including phenoxy) is 2. The molecule has 1 atom stereocenters. The zero-order valence-electron chi connectivity index (χ0n) is 18.0. The summed E-state index contributed by atoms with van der Waals surface area (Å²) in [4.78, 5) is 25.4. The third-order valence-corrected chi connectivity index (χ3v) is 4.71. The second kappa shape index (κ2) is 13.4. The van der Waals surface area contributed by atoms with Crippen molar-refractivity contribution in [3.63, 3.8) is 0 Å². The smallest absolute Gasteiger partial charge is 0.251 e. The molecule has 1 N–H and O–H groups in total. The Morgan fingerprint density at radius 1 is 1.00 bits per heavy atom. The highest BCUT2D eigenvalue weighted by atomic mass is 19.1. The van der Waals surface area contributed by atoms with Crippen LogP contribution in [0.2, 0.25) is 0 Å². The van der Waals surface area contributed by atoms with E-state index in [1.54, 1.807) is 18.2 Å². The lowest BCUT2D eigenvalue weighted by molar-refractivity contribution is -0.123. The van der Waals surface area contributed by atoms with E-state index in [-0.39, 0.29) is 18.6 Å². The van der Waals surface area contributed by atoms with Crippen LogP contribution >= 0.6 is 0 Å². The fourth-order valence-electron chi connectivity index (χ4n) is 2.99. The van der Waals surface area contributed by atoms with Crippen LogP contribution in [0.5, 0.6) is 11.5 Å². The Kier molecular flexibility index (Phi) is 10.6. The Bertz CT molecular complexity index is 871. The van der Waals surface area contributed by atoms with Crippen LogP contribution in [0, 0.1) is 11.6 Å². The van der Waals surface area contributed by atoms with E-state index < -0.39 is 48.4 Å². The highest BCUT2D eigenvalue weighted by Gasteiger charge is 2.23. The van der Waals surface area contributed by atoms with Gasteiger partial charge in [-0.25, -0.2) is 8.78 Å². The van der Waals surface area contributed by atoms with E-state index in [0.29, 0.717) is 18.6 Å². The Balaban J connectivity index is 2.05. The van der Waals surface area contributed by atoms with Crippen molar-refractivity contribution in [1.29, 1.82) is 0 Å². The van der Waals surface area contributed by atoms with Gasteiger partial charge < -0.3 is 14.8 Å². The van der Waals surface area contributed by atoms with Crippen molar-refractivity contribution in [2.24, 2.45) is 0 Å². The molecule has 0 spiro atoms. The van der Waals surface area contributed by atoms with Crippen molar-refractivity contribution in [3.8, 4) is 11.5 Å². The van der Waals surface area contributed by atoms with Gasteiger partial charge in [-0.3, -0.25) is 14.0 Å². The number of nitrogens with one attached hydrogen (secondary N) is 1. The van der Waals surface area contributed by atoms with Crippen LogP contribution in [0.1, 0.15) is 49.4 Å². The molecule has 2 aromatic carbocycles. The standard InChI is InChI=1S/C24H28F3NO4/c1-2-3-4-12-21(22(29)16-32-23-19(26)10-6-11-20(23)27)28-24(30)17-8-5-9-18(15-17)31-14-7-13-25/h5-6,8-11,15,21H,2-4,7,12-14,16H2,1H3,(H,28,30)/t21-/m0/s1. The van der Waals surface area contributed by atoms with Gasteiger partial charge in [0.2, 0.25) is 0 Å². The van der Waals surface area contributed by atoms with Crippen LogP contribution in [0.4, 0.5) is 13.2 Å². The summed E-state index contributed by atoms with van der Waals surface area (Å²) < 4.78 is 50.2. The second-order valence-electron chi connectivity index (χ2n) is 7.25. The van der Waals surface area contributed by atoms with Gasteiger partial charge in [0.15, 0.2) is 23.2 Å². The lowest BCUT2D eigenvalue weighted by Gasteiger charge is -2.18. The molecule has 0 heterocycles. The summed E-state index contributed by atoms with van der Waals surface area (Å²) in [6.45, 7) is 1.11. The molecule has 0 aliphatic carbocycles. The molecule has 8 heteroatoms. The van der Waals surface area contributed by atoms with Crippen molar-refractivity contribution < 1.29 is 32.2 Å². The van der Waals surface area contributed by atoms with Gasteiger partial charge in [0.05, 0.1) is 19.3 Å². The highest BCUT2D eigenvalue weighted by molar-refractivity contribution is 5.98. The predicted octanol–water partition coefficient (Wildman–Crippen LogP) is 5.03. The molecule has 0 saturated heterocycles. The Morgan fingerprint density at radius 3 is 2.41 bits per heavy atom. The zero-order chi connectivity index (χ0) is 23.3. The maximum Gasteiger partial charge on any atom is 0.251 e. The summed E-state index contributed by atoms with van der Waals surface area (Å²) in [5, 5.41) is 2.68. The maximum absolute atomic E-state index is 13.8. The number of amides is 1. The average Bonchev–Trinajstić information content (AvgIpc) is 2.78. The number of ketones is 1. The molecule has 0 fully saturated rings. The topological polar surface area (TPSA) is 64.6 Å². The van der Waals surface area contributed by atoms with Crippen molar-refractivity contribution in [1.82, 2.24) is 5.32 Å². The minimum absolute atomic E-state index is 0.184. The fourth-order valence-corrected chi connectivity index (χ4v) is 2.99. The number of hydrogen-bond acceptors (Lipinski definition) is 4. The molecule has 0 aliphatic heterocycles. The Hall–Kier alpha value is -3.03. The molecule has 0 bridgehead atoms.